The Morgan fingerprint density at radius 3 is 1.46 bits per heavy atom. The van der Waals surface area contributed by atoms with Gasteiger partial charge in [-0.2, -0.15) is 0 Å². The van der Waals surface area contributed by atoms with E-state index in [-0.39, 0.29) is 10.6 Å². The first kappa shape index (κ1) is 12.1. The molecule has 0 fully saturated rings. The summed E-state index contributed by atoms with van der Waals surface area (Å²) in [6.07, 6.45) is 0. The van der Waals surface area contributed by atoms with Crippen LogP contribution in [0.1, 0.15) is 0 Å². The highest BCUT2D eigenvalue weighted by Crippen LogP contribution is 1.96. The summed E-state index contributed by atoms with van der Waals surface area (Å²) in [7, 11) is 8.50. The summed E-state index contributed by atoms with van der Waals surface area (Å²) in [5.74, 6) is 0. The molecule has 74 valence electrons. The van der Waals surface area contributed by atoms with Gasteiger partial charge in [0.25, 0.3) is 0 Å². The van der Waals surface area contributed by atoms with Crippen LogP contribution in [-0.4, -0.2) is 32.7 Å². The van der Waals surface area contributed by atoms with Crippen LogP contribution in [0.15, 0.2) is 14.5 Å². The van der Waals surface area contributed by atoms with E-state index in [1.165, 1.54) is 0 Å². The van der Waals surface area contributed by atoms with E-state index in [0.717, 1.165) is 4.48 Å². The lowest BCUT2D eigenvalue weighted by Gasteiger charge is -2.14. The number of hydrogen-bond donors (Lipinski definition) is 1. The van der Waals surface area contributed by atoms with Crippen molar-refractivity contribution in [2.24, 2.45) is 0 Å². The predicted octanol–water partition coefficient (Wildman–Crippen LogP) is -0.907. The van der Waals surface area contributed by atoms with Crippen molar-refractivity contribution < 1.29 is 4.48 Å². The van der Waals surface area contributed by atoms with Crippen molar-refractivity contribution in [2.75, 3.05) is 33.9 Å². The molecule has 1 aromatic rings. The van der Waals surface area contributed by atoms with Gasteiger partial charge in [0, 0.05) is 0 Å². The zero-order valence-electron chi connectivity index (χ0n) is 8.25. The fraction of sp³-hybridized carbons (Fsp3) is 0.500. The first-order valence-corrected chi connectivity index (χ1v) is 4.10. The minimum Gasteiger partial charge on any atom is -0.774 e. The fourth-order valence-electron chi connectivity index (χ4n) is 0.388. The van der Waals surface area contributed by atoms with Gasteiger partial charge < -0.3 is 22.8 Å². The van der Waals surface area contributed by atoms with Crippen LogP contribution in [0.25, 0.3) is 0 Å². The van der Waals surface area contributed by atoms with Gasteiger partial charge >= 0.3 is 0 Å². The van der Waals surface area contributed by atoms with E-state index >= 15 is 0 Å². The summed E-state index contributed by atoms with van der Waals surface area (Å²) >= 11 is 4.37. The van der Waals surface area contributed by atoms with Crippen molar-refractivity contribution >= 4 is 18.3 Å². The molecule has 0 aliphatic carbocycles. The number of hydrogen-bond acceptors (Lipinski definition) is 4. The molecular formula is C8H14N2O2S. The molecule has 0 amide bonds. The minimum atomic E-state index is -0.644. The van der Waals surface area contributed by atoms with Gasteiger partial charge in [-0.25, -0.2) is 0 Å². The topological polar surface area (TPSA) is 60.2 Å². The van der Waals surface area contributed by atoms with E-state index in [4.69, 9.17) is 5.73 Å². The number of nitrogen functional groups attached to an aromatic ring is 1. The van der Waals surface area contributed by atoms with Crippen LogP contribution in [-0.2, 0) is 12.6 Å². The maximum Gasteiger partial charge on any atom is 0.245 e. The molecule has 0 saturated heterocycles. The lowest BCUT2D eigenvalue weighted by Crippen LogP contribution is -2.35. The van der Waals surface area contributed by atoms with E-state index in [9.17, 15) is 9.59 Å². The lowest BCUT2D eigenvalue weighted by atomic mass is 10.3. The van der Waals surface area contributed by atoms with E-state index < -0.39 is 10.9 Å². The van der Waals surface area contributed by atoms with E-state index in [2.05, 4.69) is 40.8 Å². The molecule has 0 bridgehead atoms. The monoisotopic (exact) mass is 202 g/mol. The fourth-order valence-corrected chi connectivity index (χ4v) is 0.574. The van der Waals surface area contributed by atoms with Crippen LogP contribution in [0.3, 0.4) is 0 Å². The minimum absolute atomic E-state index is 0.0185. The molecule has 1 rings (SSSR count). The average Bonchev–Trinajstić information content (AvgIpc) is 1.97. The molecule has 0 unspecified atom stereocenters. The van der Waals surface area contributed by atoms with E-state index in [1.807, 2.05) is 0 Å². The Kier molecular flexibility index (Phi) is 3.57. The maximum atomic E-state index is 10.2. The second-order valence-corrected chi connectivity index (χ2v) is 4.49. The highest BCUT2D eigenvalue weighted by atomic mass is 32.1. The average molecular weight is 202 g/mol. The smallest absolute Gasteiger partial charge is 0.245 e. The Hall–Kier alpha value is -0.940. The molecule has 2 N–H and O–H groups in total. The molecule has 0 aromatic heterocycles. The molecule has 1 aromatic carbocycles. The summed E-state index contributed by atoms with van der Waals surface area (Å²) in [4.78, 5) is 20.3. The summed E-state index contributed by atoms with van der Waals surface area (Å²) in [5, 5.41) is 0. The molecule has 0 spiro atoms. The molecule has 0 heterocycles. The Bertz CT molecular complexity index is 323. The number of quaternary nitrogens is 1. The highest BCUT2D eigenvalue weighted by molar-refractivity contribution is 7.59. The third-order valence-corrected chi connectivity index (χ3v) is 1.31. The molecule has 0 atom stereocenters. The van der Waals surface area contributed by atoms with Crippen molar-refractivity contribution in [2.45, 2.75) is 4.90 Å². The van der Waals surface area contributed by atoms with Crippen LogP contribution < -0.4 is 16.6 Å². The molecule has 5 heteroatoms. The second-order valence-electron chi connectivity index (χ2n) is 4.08. The third kappa shape index (κ3) is 4.00. The number of rotatable bonds is 0. The predicted molar refractivity (Wildman–Crippen MR) is 55.4 cm³/mol. The Labute approximate surface area is 82.7 Å². The number of nitrogens with two attached hydrogens (primary N) is 1. The first-order chi connectivity index (χ1) is 5.64. The largest absolute Gasteiger partial charge is 0.774 e. The van der Waals surface area contributed by atoms with Crippen molar-refractivity contribution in [3.05, 3.63) is 20.4 Å². The molecule has 0 aliphatic heterocycles. The third-order valence-electron chi connectivity index (χ3n) is 0.902. The summed E-state index contributed by atoms with van der Waals surface area (Å²) < 4.78 is 1.00. The van der Waals surface area contributed by atoms with Crippen molar-refractivity contribution in [1.82, 2.24) is 0 Å². The van der Waals surface area contributed by atoms with Gasteiger partial charge in [0.05, 0.1) is 33.9 Å². The molecule has 4 nitrogen and oxygen atoms in total. The van der Waals surface area contributed by atoms with E-state index in [1.54, 1.807) is 0 Å². The second kappa shape index (κ2) is 3.85. The quantitative estimate of drug-likeness (QED) is 0.336. The standard InChI is InChI=1S/C4H3NO2S.C4H12N/c5-1-2(6)3(7)4(1)8;1-5(2,3)4/h8H,5H2;1-4H3/q;+1/p-1. The maximum absolute atomic E-state index is 10.2. The van der Waals surface area contributed by atoms with Crippen LogP contribution in [0.2, 0.25) is 0 Å². The Balaban J connectivity index is 0.000000252. The van der Waals surface area contributed by atoms with Gasteiger partial charge in [-0.15, -0.1) is 0 Å². The van der Waals surface area contributed by atoms with Crippen LogP contribution in [0, 0.1) is 0 Å². The van der Waals surface area contributed by atoms with Crippen LogP contribution >= 0.6 is 0 Å². The molecule has 0 aliphatic rings. The molecular weight excluding hydrogens is 188 g/mol. The Morgan fingerprint density at radius 2 is 1.38 bits per heavy atom. The normalized spacial score (nSPS) is 10.8. The van der Waals surface area contributed by atoms with Gasteiger partial charge in [-0.05, 0) is 0 Å². The molecule has 13 heavy (non-hydrogen) atoms. The number of anilines is 1. The van der Waals surface area contributed by atoms with Crippen LogP contribution in [0.4, 0.5) is 5.69 Å². The van der Waals surface area contributed by atoms with Crippen molar-refractivity contribution in [3.8, 4) is 0 Å². The van der Waals surface area contributed by atoms with Gasteiger partial charge in [0.2, 0.25) is 10.9 Å². The number of nitrogens with zero attached hydrogens (tertiary/aromatic N) is 1. The molecule has 0 saturated carbocycles. The zero-order chi connectivity index (χ0) is 10.8. The first-order valence-electron chi connectivity index (χ1n) is 3.69. The van der Waals surface area contributed by atoms with Gasteiger partial charge in [0.1, 0.15) is 0 Å². The summed E-state index contributed by atoms with van der Waals surface area (Å²) in [6.45, 7) is 0. The molecule has 0 radical (unpaired) electrons. The van der Waals surface area contributed by atoms with Gasteiger partial charge in [0.15, 0.2) is 0 Å². The van der Waals surface area contributed by atoms with E-state index in [0.29, 0.717) is 0 Å². The summed E-state index contributed by atoms with van der Waals surface area (Å²) in [6, 6.07) is 0. The highest BCUT2D eigenvalue weighted by Gasteiger charge is 2.05. The van der Waals surface area contributed by atoms with Crippen molar-refractivity contribution in [1.29, 1.82) is 0 Å². The van der Waals surface area contributed by atoms with Crippen LogP contribution in [0.5, 0.6) is 0 Å². The van der Waals surface area contributed by atoms with Gasteiger partial charge in [-0.3, -0.25) is 9.59 Å². The summed E-state index contributed by atoms with van der Waals surface area (Å²) in [5.41, 5.74) is 3.63. The SMILES string of the molecule is C[N+](C)(C)C.Nc1c([S-])c(=O)c1=O. The zero-order valence-corrected chi connectivity index (χ0v) is 9.07. The van der Waals surface area contributed by atoms with Crippen molar-refractivity contribution in [3.63, 3.8) is 0 Å². The Morgan fingerprint density at radius 1 is 1.08 bits per heavy atom. The van der Waals surface area contributed by atoms with Gasteiger partial charge in [-0.1, -0.05) is 4.90 Å². The lowest BCUT2D eigenvalue weighted by molar-refractivity contribution is -0.849.